The van der Waals surface area contributed by atoms with E-state index >= 15 is 0 Å². The minimum atomic E-state index is -0.555. The Morgan fingerprint density at radius 3 is 2.42 bits per heavy atom. The summed E-state index contributed by atoms with van der Waals surface area (Å²) in [6, 6.07) is 13.1. The molecular weight excluding hydrogens is 351 g/mol. The van der Waals surface area contributed by atoms with Crippen molar-refractivity contribution in [3.63, 3.8) is 0 Å². The number of Topliss-reactive ketones (excluding diaryl/α,β-unsaturated/α-hetero) is 1. The van der Waals surface area contributed by atoms with E-state index in [2.05, 4.69) is 0 Å². The Morgan fingerprint density at radius 2 is 1.77 bits per heavy atom. The highest BCUT2D eigenvalue weighted by Gasteiger charge is 2.25. The van der Waals surface area contributed by atoms with Crippen LogP contribution in [0.1, 0.15) is 36.0 Å². The Labute approximate surface area is 155 Å². The summed E-state index contributed by atoms with van der Waals surface area (Å²) >= 11 is 1.24. The first-order valence-corrected chi connectivity index (χ1v) is 9.07. The minimum absolute atomic E-state index is 0.0913. The summed E-state index contributed by atoms with van der Waals surface area (Å²) in [5.74, 6) is -0.436. The van der Waals surface area contributed by atoms with Crippen LogP contribution in [0.25, 0.3) is 10.1 Å². The van der Waals surface area contributed by atoms with Crippen molar-refractivity contribution in [3.8, 4) is 5.75 Å². The normalized spacial score (nSPS) is 11.5. The highest BCUT2D eigenvalue weighted by atomic mass is 32.1. The zero-order valence-corrected chi connectivity index (χ0v) is 15.7. The summed E-state index contributed by atoms with van der Waals surface area (Å²) in [4.78, 5) is 25.5. The lowest BCUT2D eigenvalue weighted by atomic mass is 9.91. The van der Waals surface area contributed by atoms with Gasteiger partial charge in [0.2, 0.25) is 5.78 Å². The molecular formula is C21H19FO3S. The molecule has 0 radical (unpaired) electrons. The first-order chi connectivity index (χ1) is 12.3. The molecule has 0 atom stereocenters. The van der Waals surface area contributed by atoms with Crippen LogP contribution >= 0.6 is 11.3 Å². The molecule has 0 spiro atoms. The van der Waals surface area contributed by atoms with Gasteiger partial charge < -0.3 is 4.74 Å². The van der Waals surface area contributed by atoms with Crippen molar-refractivity contribution < 1.29 is 18.7 Å². The molecule has 26 heavy (non-hydrogen) atoms. The smallest absolute Gasteiger partial charge is 0.206 e. The van der Waals surface area contributed by atoms with Gasteiger partial charge in [-0.05, 0) is 18.2 Å². The monoisotopic (exact) mass is 370 g/mol. The molecule has 0 aliphatic carbocycles. The van der Waals surface area contributed by atoms with Crippen LogP contribution < -0.4 is 4.74 Å². The lowest BCUT2D eigenvalue weighted by Crippen LogP contribution is -2.26. The molecule has 0 saturated heterocycles. The number of benzene rings is 2. The van der Waals surface area contributed by atoms with Gasteiger partial charge in [0.1, 0.15) is 23.1 Å². The van der Waals surface area contributed by atoms with Gasteiger partial charge in [0.25, 0.3) is 0 Å². The van der Waals surface area contributed by atoms with Crippen molar-refractivity contribution in [1.82, 2.24) is 0 Å². The number of ketones is 2. The van der Waals surface area contributed by atoms with E-state index in [9.17, 15) is 14.0 Å². The molecule has 3 rings (SSSR count). The second kappa shape index (κ2) is 7.00. The Hall–Kier alpha value is -2.53. The fourth-order valence-electron chi connectivity index (χ4n) is 2.41. The zero-order valence-electron chi connectivity index (χ0n) is 14.8. The number of hydrogen-bond acceptors (Lipinski definition) is 4. The van der Waals surface area contributed by atoms with Crippen LogP contribution in [-0.2, 0) is 4.79 Å². The van der Waals surface area contributed by atoms with E-state index in [4.69, 9.17) is 4.74 Å². The van der Waals surface area contributed by atoms with Crippen LogP contribution in [-0.4, -0.2) is 18.2 Å². The van der Waals surface area contributed by atoms with Crippen molar-refractivity contribution in [2.24, 2.45) is 5.41 Å². The first kappa shape index (κ1) is 18.3. The number of halogens is 1. The molecule has 0 fully saturated rings. The topological polar surface area (TPSA) is 43.4 Å². The fraction of sp³-hybridized carbons (Fsp3) is 0.238. The summed E-state index contributed by atoms with van der Waals surface area (Å²) in [6.45, 7) is 5.25. The van der Waals surface area contributed by atoms with Gasteiger partial charge in [0.05, 0.1) is 0 Å². The van der Waals surface area contributed by atoms with Gasteiger partial charge in [-0.1, -0.05) is 51.1 Å². The van der Waals surface area contributed by atoms with Crippen molar-refractivity contribution in [3.05, 3.63) is 64.8 Å². The van der Waals surface area contributed by atoms with Crippen LogP contribution in [0.4, 0.5) is 4.39 Å². The van der Waals surface area contributed by atoms with Crippen LogP contribution in [0, 0.1) is 11.2 Å². The average molecular weight is 370 g/mol. The summed E-state index contributed by atoms with van der Waals surface area (Å²) in [6.07, 6.45) is 0. The predicted octanol–water partition coefficient (Wildman–Crippen LogP) is 5.27. The molecule has 134 valence electrons. The van der Waals surface area contributed by atoms with E-state index in [1.807, 2.05) is 6.07 Å². The molecule has 0 amide bonds. The zero-order chi connectivity index (χ0) is 18.9. The van der Waals surface area contributed by atoms with E-state index < -0.39 is 11.2 Å². The number of hydrogen-bond donors (Lipinski definition) is 0. The molecule has 1 heterocycles. The molecule has 3 nitrogen and oxygen atoms in total. The molecule has 1 aromatic heterocycles. The molecule has 0 unspecified atom stereocenters. The summed E-state index contributed by atoms with van der Waals surface area (Å²) < 4.78 is 20.2. The summed E-state index contributed by atoms with van der Waals surface area (Å²) in [5.41, 5.74) is -0.0350. The van der Waals surface area contributed by atoms with Gasteiger partial charge in [0.15, 0.2) is 5.78 Å². The number of ether oxygens (including phenoxy) is 1. The number of rotatable bonds is 5. The fourth-order valence-corrected chi connectivity index (χ4v) is 3.50. The Kier molecular flexibility index (Phi) is 4.92. The lowest BCUT2D eigenvalue weighted by molar-refractivity contribution is -0.128. The Bertz CT molecular complexity index is 968. The lowest BCUT2D eigenvalue weighted by Gasteiger charge is -2.17. The number of carbonyl (C=O) groups excluding carboxylic acids is 2. The Morgan fingerprint density at radius 1 is 1.08 bits per heavy atom. The average Bonchev–Trinajstić information content (AvgIpc) is 2.96. The van der Waals surface area contributed by atoms with Crippen LogP contribution in [0.15, 0.2) is 48.5 Å². The Balaban J connectivity index is 2.05. The van der Waals surface area contributed by atoms with Crippen molar-refractivity contribution in [2.45, 2.75) is 20.8 Å². The molecule has 0 saturated carbocycles. The van der Waals surface area contributed by atoms with Crippen LogP contribution in [0.2, 0.25) is 0 Å². The molecule has 0 bridgehead atoms. The van der Waals surface area contributed by atoms with E-state index in [1.54, 1.807) is 51.1 Å². The second-order valence-corrected chi connectivity index (χ2v) is 8.11. The third-order valence-corrected chi connectivity index (χ3v) is 5.18. The standard InChI is InChI=1S/C21H19FO3S/c1-21(2,3)17(23)12-25-19-15-11-14(22)9-10-16(15)26-20(19)18(24)13-7-5-4-6-8-13/h4-11H,12H2,1-3H3. The molecule has 5 heteroatoms. The van der Waals surface area contributed by atoms with E-state index in [-0.39, 0.29) is 23.9 Å². The predicted molar refractivity (Wildman–Crippen MR) is 102 cm³/mol. The van der Waals surface area contributed by atoms with Crippen molar-refractivity contribution in [2.75, 3.05) is 6.61 Å². The van der Waals surface area contributed by atoms with Gasteiger partial charge in [-0.25, -0.2) is 4.39 Å². The second-order valence-electron chi connectivity index (χ2n) is 7.06. The van der Waals surface area contributed by atoms with Gasteiger partial charge >= 0.3 is 0 Å². The number of carbonyl (C=O) groups is 2. The summed E-state index contributed by atoms with van der Waals surface area (Å²) in [7, 11) is 0. The van der Waals surface area contributed by atoms with Gasteiger partial charge in [-0.2, -0.15) is 0 Å². The SMILES string of the molecule is CC(C)(C)C(=O)COc1c(C(=O)c2ccccc2)sc2ccc(F)cc12. The first-order valence-electron chi connectivity index (χ1n) is 8.25. The molecule has 2 aromatic carbocycles. The molecule has 0 aliphatic heterocycles. The maximum atomic E-state index is 13.7. The van der Waals surface area contributed by atoms with E-state index in [1.165, 1.54) is 23.5 Å². The molecule has 0 N–H and O–H groups in total. The number of thiophene rings is 1. The number of fused-ring (bicyclic) bond motifs is 1. The van der Waals surface area contributed by atoms with Crippen LogP contribution in [0.3, 0.4) is 0 Å². The highest BCUT2D eigenvalue weighted by molar-refractivity contribution is 7.21. The summed E-state index contributed by atoms with van der Waals surface area (Å²) in [5, 5.41) is 0.510. The maximum absolute atomic E-state index is 13.7. The van der Waals surface area contributed by atoms with Crippen molar-refractivity contribution >= 4 is 33.0 Å². The highest BCUT2D eigenvalue weighted by Crippen LogP contribution is 2.39. The third-order valence-electron chi connectivity index (χ3n) is 4.03. The van der Waals surface area contributed by atoms with Gasteiger partial charge in [-0.3, -0.25) is 9.59 Å². The third kappa shape index (κ3) is 3.68. The minimum Gasteiger partial charge on any atom is -0.483 e. The van der Waals surface area contributed by atoms with Gasteiger partial charge in [0, 0.05) is 21.1 Å². The van der Waals surface area contributed by atoms with E-state index in [0.717, 1.165) is 4.70 Å². The van der Waals surface area contributed by atoms with Crippen molar-refractivity contribution in [1.29, 1.82) is 0 Å². The largest absolute Gasteiger partial charge is 0.483 e. The molecule has 3 aromatic rings. The molecule has 0 aliphatic rings. The maximum Gasteiger partial charge on any atom is 0.206 e. The quantitative estimate of drug-likeness (QED) is 0.575. The van der Waals surface area contributed by atoms with Gasteiger partial charge in [-0.15, -0.1) is 11.3 Å². The van der Waals surface area contributed by atoms with Crippen LogP contribution in [0.5, 0.6) is 5.75 Å². The van der Waals surface area contributed by atoms with E-state index in [0.29, 0.717) is 15.8 Å².